The number of carboxylic acid groups (broad SMARTS) is 1. The second kappa shape index (κ2) is 7.95. The minimum absolute atomic E-state index is 0.120. The Morgan fingerprint density at radius 3 is 2.64 bits per heavy atom. The van der Waals surface area contributed by atoms with E-state index in [1.807, 2.05) is 19.1 Å². The molecule has 0 atom stereocenters. The van der Waals surface area contributed by atoms with Gasteiger partial charge in [-0.25, -0.2) is 4.68 Å². The van der Waals surface area contributed by atoms with Crippen LogP contribution in [0.5, 0.6) is 5.75 Å². The smallest absolute Gasteiger partial charge is 0.322 e. The average Bonchev–Trinajstić information content (AvgIpc) is 3.07. The van der Waals surface area contributed by atoms with Crippen molar-refractivity contribution in [2.45, 2.75) is 6.92 Å². The zero-order valence-corrected chi connectivity index (χ0v) is 13.8. The molecule has 1 aromatic carbocycles. The van der Waals surface area contributed by atoms with Gasteiger partial charge in [-0.15, -0.1) is 0 Å². The molecule has 2 rings (SSSR count). The Balaban J connectivity index is 2.03. The predicted molar refractivity (Wildman–Crippen MR) is 87.8 cm³/mol. The highest BCUT2D eigenvalue weighted by atomic mass is 16.5. The van der Waals surface area contributed by atoms with Gasteiger partial charge in [0.15, 0.2) is 5.69 Å². The van der Waals surface area contributed by atoms with Crippen molar-refractivity contribution in [1.82, 2.24) is 20.4 Å². The fraction of sp³-hybridized carbons (Fsp3) is 0.250. The van der Waals surface area contributed by atoms with Gasteiger partial charge in [0.05, 0.1) is 13.7 Å². The molecule has 0 fully saturated rings. The van der Waals surface area contributed by atoms with Crippen molar-refractivity contribution in [2.24, 2.45) is 0 Å². The standard InChI is InChI=1S/C16H18N4O5/c1-10-3-4-13(25-2)12(7-10)20-6-5-11(19-20)16(24)18-8-14(21)17-9-15(22)23/h3-7H,8-9H2,1-2H3,(H,17,21)(H,18,24)(H,22,23). The number of carboxylic acids is 1. The van der Waals surface area contributed by atoms with Gasteiger partial charge in [0, 0.05) is 6.20 Å². The van der Waals surface area contributed by atoms with Crippen molar-refractivity contribution in [3.8, 4) is 11.4 Å². The molecule has 2 aromatic rings. The van der Waals surface area contributed by atoms with Crippen molar-refractivity contribution >= 4 is 17.8 Å². The Hall–Kier alpha value is -3.36. The maximum atomic E-state index is 12.0. The van der Waals surface area contributed by atoms with E-state index in [0.29, 0.717) is 11.4 Å². The van der Waals surface area contributed by atoms with Crippen LogP contribution in [-0.2, 0) is 9.59 Å². The van der Waals surface area contributed by atoms with Crippen LogP contribution in [0.15, 0.2) is 30.5 Å². The third kappa shape index (κ3) is 4.80. The van der Waals surface area contributed by atoms with Crippen molar-refractivity contribution in [3.63, 3.8) is 0 Å². The molecular weight excluding hydrogens is 328 g/mol. The topological polar surface area (TPSA) is 123 Å². The summed E-state index contributed by atoms with van der Waals surface area (Å²) < 4.78 is 6.79. The van der Waals surface area contributed by atoms with Crippen molar-refractivity contribution < 1.29 is 24.2 Å². The summed E-state index contributed by atoms with van der Waals surface area (Å²) in [6, 6.07) is 7.08. The zero-order chi connectivity index (χ0) is 18.4. The molecule has 0 radical (unpaired) electrons. The van der Waals surface area contributed by atoms with E-state index in [2.05, 4.69) is 15.7 Å². The first-order valence-corrected chi connectivity index (χ1v) is 7.38. The molecule has 0 aliphatic heterocycles. The quantitative estimate of drug-likeness (QED) is 0.654. The van der Waals surface area contributed by atoms with Crippen LogP contribution in [-0.4, -0.2) is 52.9 Å². The minimum atomic E-state index is -1.16. The Labute approximate surface area is 143 Å². The molecule has 1 heterocycles. The Morgan fingerprint density at radius 2 is 1.96 bits per heavy atom. The largest absolute Gasteiger partial charge is 0.494 e. The molecule has 0 unspecified atom stereocenters. The summed E-state index contributed by atoms with van der Waals surface area (Å²) in [5, 5.41) is 17.2. The van der Waals surface area contributed by atoms with E-state index < -0.39 is 24.3 Å². The Kier molecular flexibility index (Phi) is 5.72. The van der Waals surface area contributed by atoms with E-state index in [-0.39, 0.29) is 12.2 Å². The van der Waals surface area contributed by atoms with E-state index in [4.69, 9.17) is 9.84 Å². The summed E-state index contributed by atoms with van der Waals surface area (Å²) in [5.41, 5.74) is 1.81. The lowest BCUT2D eigenvalue weighted by Crippen LogP contribution is -2.39. The number of aliphatic carboxylic acids is 1. The number of nitrogens with one attached hydrogen (secondary N) is 2. The van der Waals surface area contributed by atoms with E-state index in [1.54, 1.807) is 19.4 Å². The molecule has 132 valence electrons. The summed E-state index contributed by atoms with van der Waals surface area (Å²) in [5.74, 6) is -1.70. The molecule has 0 aliphatic carbocycles. The number of rotatable bonds is 7. The maximum absolute atomic E-state index is 12.0. The zero-order valence-electron chi connectivity index (χ0n) is 13.8. The number of aryl methyl sites for hydroxylation is 1. The molecule has 1 aromatic heterocycles. The SMILES string of the molecule is COc1ccc(C)cc1-n1ccc(C(=O)NCC(=O)NCC(=O)O)n1. The van der Waals surface area contributed by atoms with Gasteiger partial charge >= 0.3 is 5.97 Å². The molecule has 0 saturated heterocycles. The number of amides is 2. The number of nitrogens with zero attached hydrogens (tertiary/aromatic N) is 2. The van der Waals surface area contributed by atoms with Gasteiger partial charge in [0.1, 0.15) is 18.0 Å². The number of carbonyl (C=O) groups is 3. The second-order valence-electron chi connectivity index (χ2n) is 5.17. The number of methoxy groups -OCH3 is 1. The fourth-order valence-electron chi connectivity index (χ4n) is 2.05. The molecule has 0 aliphatic rings. The molecule has 25 heavy (non-hydrogen) atoms. The highest BCUT2D eigenvalue weighted by molar-refractivity contribution is 5.95. The normalized spacial score (nSPS) is 10.2. The molecule has 9 heteroatoms. The van der Waals surface area contributed by atoms with Crippen molar-refractivity contribution in [3.05, 3.63) is 41.7 Å². The van der Waals surface area contributed by atoms with Crippen LogP contribution in [0, 0.1) is 6.92 Å². The lowest BCUT2D eigenvalue weighted by atomic mass is 10.2. The van der Waals surface area contributed by atoms with Gasteiger partial charge in [0.2, 0.25) is 5.91 Å². The van der Waals surface area contributed by atoms with Gasteiger partial charge in [-0.2, -0.15) is 5.10 Å². The third-order valence-corrected chi connectivity index (χ3v) is 3.25. The van der Waals surface area contributed by atoms with Gasteiger partial charge < -0.3 is 20.5 Å². The Bertz CT molecular complexity index is 800. The van der Waals surface area contributed by atoms with Crippen LogP contribution < -0.4 is 15.4 Å². The highest BCUT2D eigenvalue weighted by Gasteiger charge is 2.14. The second-order valence-corrected chi connectivity index (χ2v) is 5.17. The first-order chi connectivity index (χ1) is 11.9. The van der Waals surface area contributed by atoms with Gasteiger partial charge in [-0.05, 0) is 30.7 Å². The van der Waals surface area contributed by atoms with Gasteiger partial charge in [-0.1, -0.05) is 6.07 Å². The van der Waals surface area contributed by atoms with Crippen molar-refractivity contribution in [2.75, 3.05) is 20.2 Å². The number of hydrogen-bond acceptors (Lipinski definition) is 5. The Morgan fingerprint density at radius 1 is 1.20 bits per heavy atom. The van der Waals surface area contributed by atoms with Gasteiger partial charge in [0.25, 0.3) is 5.91 Å². The highest BCUT2D eigenvalue weighted by Crippen LogP contribution is 2.23. The molecule has 3 N–H and O–H groups in total. The number of hydrogen-bond donors (Lipinski definition) is 3. The van der Waals surface area contributed by atoms with Crippen LogP contribution in [0.3, 0.4) is 0 Å². The molecular formula is C16H18N4O5. The fourth-order valence-corrected chi connectivity index (χ4v) is 2.05. The number of ether oxygens (including phenoxy) is 1. The number of benzene rings is 1. The van der Waals surface area contributed by atoms with Crippen LogP contribution in [0.25, 0.3) is 5.69 Å². The molecule has 2 amide bonds. The third-order valence-electron chi connectivity index (χ3n) is 3.25. The molecule has 0 bridgehead atoms. The van der Waals surface area contributed by atoms with Crippen LogP contribution >= 0.6 is 0 Å². The average molecular weight is 346 g/mol. The first-order valence-electron chi connectivity index (χ1n) is 7.38. The summed E-state index contributed by atoms with van der Waals surface area (Å²) >= 11 is 0. The summed E-state index contributed by atoms with van der Waals surface area (Å²) in [6.07, 6.45) is 1.61. The van der Waals surface area contributed by atoms with Crippen LogP contribution in [0.4, 0.5) is 0 Å². The van der Waals surface area contributed by atoms with Crippen LogP contribution in [0.1, 0.15) is 16.1 Å². The predicted octanol–water partition coefficient (Wildman–Crippen LogP) is 0.120. The molecule has 9 nitrogen and oxygen atoms in total. The van der Waals surface area contributed by atoms with Crippen LogP contribution in [0.2, 0.25) is 0 Å². The lowest BCUT2D eigenvalue weighted by molar-refractivity contribution is -0.137. The van der Waals surface area contributed by atoms with Gasteiger partial charge in [-0.3, -0.25) is 14.4 Å². The van der Waals surface area contributed by atoms with E-state index in [9.17, 15) is 14.4 Å². The first kappa shape index (κ1) is 18.0. The minimum Gasteiger partial charge on any atom is -0.494 e. The summed E-state index contributed by atoms with van der Waals surface area (Å²) in [6.45, 7) is 1.08. The van der Waals surface area contributed by atoms with E-state index in [0.717, 1.165) is 5.56 Å². The van der Waals surface area contributed by atoms with E-state index >= 15 is 0 Å². The van der Waals surface area contributed by atoms with E-state index in [1.165, 1.54) is 10.7 Å². The van der Waals surface area contributed by atoms with Crippen molar-refractivity contribution in [1.29, 1.82) is 0 Å². The summed E-state index contributed by atoms with van der Waals surface area (Å²) in [7, 11) is 1.54. The molecule has 0 spiro atoms. The number of carbonyl (C=O) groups excluding carboxylic acids is 2. The number of aromatic nitrogens is 2. The lowest BCUT2D eigenvalue weighted by Gasteiger charge is -2.09. The maximum Gasteiger partial charge on any atom is 0.322 e. The molecule has 0 saturated carbocycles. The summed E-state index contributed by atoms with van der Waals surface area (Å²) in [4.78, 5) is 33.8. The monoisotopic (exact) mass is 346 g/mol.